The normalized spacial score (nSPS) is 10.3. The second-order valence-corrected chi connectivity index (χ2v) is 4.16. The molecule has 2 N–H and O–H groups in total. The van der Waals surface area contributed by atoms with Crippen molar-refractivity contribution in [3.8, 4) is 0 Å². The van der Waals surface area contributed by atoms with Crippen molar-refractivity contribution < 1.29 is 0 Å². The van der Waals surface area contributed by atoms with E-state index >= 15 is 0 Å². The van der Waals surface area contributed by atoms with Gasteiger partial charge in [-0.1, -0.05) is 18.2 Å². The maximum absolute atomic E-state index is 5.59. The number of hydrogen-bond acceptors (Lipinski definition) is 4. The smallest absolute Gasteiger partial charge is 0.155 e. The van der Waals surface area contributed by atoms with Crippen molar-refractivity contribution in [2.75, 3.05) is 18.0 Å². The van der Waals surface area contributed by atoms with E-state index in [9.17, 15) is 0 Å². The summed E-state index contributed by atoms with van der Waals surface area (Å²) < 4.78 is 0. The first-order chi connectivity index (χ1) is 8.81. The maximum atomic E-state index is 5.59. The van der Waals surface area contributed by atoms with Crippen molar-refractivity contribution in [2.45, 2.75) is 13.3 Å². The van der Waals surface area contributed by atoms with Crippen molar-refractivity contribution >= 4 is 11.5 Å². The molecule has 0 aliphatic heterocycles. The van der Waals surface area contributed by atoms with Crippen LogP contribution in [0.2, 0.25) is 0 Å². The third-order valence-electron chi connectivity index (χ3n) is 2.71. The zero-order valence-corrected chi connectivity index (χ0v) is 10.6. The maximum Gasteiger partial charge on any atom is 0.155 e. The van der Waals surface area contributed by atoms with Gasteiger partial charge in [-0.3, -0.25) is 0 Å². The molecule has 0 saturated carbocycles. The third-order valence-corrected chi connectivity index (χ3v) is 2.71. The molecule has 0 aliphatic rings. The molecule has 94 valence electrons. The van der Waals surface area contributed by atoms with Crippen LogP contribution >= 0.6 is 0 Å². The van der Waals surface area contributed by atoms with Crippen molar-refractivity contribution in [2.24, 2.45) is 5.73 Å². The highest BCUT2D eigenvalue weighted by molar-refractivity contribution is 5.59. The largest absolute Gasteiger partial charge is 0.330 e. The summed E-state index contributed by atoms with van der Waals surface area (Å²) in [5.74, 6) is 0.861. The molecule has 0 spiro atoms. The number of rotatable bonds is 5. The minimum absolute atomic E-state index is 0.669. The van der Waals surface area contributed by atoms with E-state index < -0.39 is 0 Å². The van der Waals surface area contributed by atoms with Crippen LogP contribution in [-0.4, -0.2) is 23.3 Å². The molecule has 1 aromatic heterocycles. The molecule has 1 aromatic carbocycles. The Morgan fingerprint density at radius 3 is 2.44 bits per heavy atom. The van der Waals surface area contributed by atoms with Gasteiger partial charge in [-0.15, -0.1) is 5.10 Å². The van der Waals surface area contributed by atoms with Crippen LogP contribution in [0.3, 0.4) is 0 Å². The Balaban J connectivity index is 2.27. The number of anilines is 2. The van der Waals surface area contributed by atoms with Crippen LogP contribution in [0.25, 0.3) is 0 Å². The van der Waals surface area contributed by atoms with Gasteiger partial charge in [0, 0.05) is 12.2 Å². The first kappa shape index (κ1) is 12.5. The summed E-state index contributed by atoms with van der Waals surface area (Å²) in [7, 11) is 0. The predicted octanol–water partition coefficient (Wildman–Crippen LogP) is 2.27. The van der Waals surface area contributed by atoms with E-state index in [4.69, 9.17) is 5.73 Å². The summed E-state index contributed by atoms with van der Waals surface area (Å²) in [6.07, 6.45) is 0.921. The molecule has 0 amide bonds. The minimum atomic E-state index is 0.669. The van der Waals surface area contributed by atoms with Gasteiger partial charge in [-0.25, -0.2) is 0 Å². The van der Waals surface area contributed by atoms with Crippen molar-refractivity contribution in [1.29, 1.82) is 0 Å². The number of aryl methyl sites for hydroxylation is 1. The second-order valence-electron chi connectivity index (χ2n) is 4.16. The van der Waals surface area contributed by atoms with Crippen LogP contribution < -0.4 is 10.6 Å². The van der Waals surface area contributed by atoms with E-state index in [1.807, 2.05) is 37.3 Å². The molecule has 0 fully saturated rings. The Kier molecular flexibility index (Phi) is 4.25. The van der Waals surface area contributed by atoms with E-state index in [1.165, 1.54) is 0 Å². The Morgan fingerprint density at radius 1 is 1.06 bits per heavy atom. The highest BCUT2D eigenvalue weighted by atomic mass is 15.3. The van der Waals surface area contributed by atoms with Crippen LogP contribution in [0.1, 0.15) is 12.1 Å². The lowest BCUT2D eigenvalue weighted by Gasteiger charge is -2.23. The minimum Gasteiger partial charge on any atom is -0.330 e. The van der Waals surface area contributed by atoms with E-state index in [0.29, 0.717) is 6.54 Å². The number of para-hydroxylation sites is 1. The summed E-state index contributed by atoms with van der Waals surface area (Å²) in [6, 6.07) is 14.1. The van der Waals surface area contributed by atoms with E-state index in [-0.39, 0.29) is 0 Å². The Morgan fingerprint density at radius 2 is 1.83 bits per heavy atom. The number of aromatic nitrogens is 2. The van der Waals surface area contributed by atoms with Gasteiger partial charge in [0.15, 0.2) is 5.82 Å². The molecule has 4 nitrogen and oxygen atoms in total. The number of nitrogens with two attached hydrogens (primary N) is 1. The predicted molar refractivity (Wildman–Crippen MR) is 73.9 cm³/mol. The molecule has 18 heavy (non-hydrogen) atoms. The summed E-state index contributed by atoms with van der Waals surface area (Å²) in [5, 5.41) is 8.35. The SMILES string of the molecule is Cc1ccc(N(CCCN)c2ccccc2)nn1. The lowest BCUT2D eigenvalue weighted by atomic mass is 10.2. The topological polar surface area (TPSA) is 55.0 Å². The van der Waals surface area contributed by atoms with E-state index in [1.54, 1.807) is 0 Å². The molecule has 0 unspecified atom stereocenters. The van der Waals surface area contributed by atoms with Crippen molar-refractivity contribution in [3.63, 3.8) is 0 Å². The number of nitrogens with zero attached hydrogens (tertiary/aromatic N) is 3. The fraction of sp³-hybridized carbons (Fsp3) is 0.286. The monoisotopic (exact) mass is 242 g/mol. The first-order valence-electron chi connectivity index (χ1n) is 6.14. The van der Waals surface area contributed by atoms with Gasteiger partial charge < -0.3 is 10.6 Å². The first-order valence-corrected chi connectivity index (χ1v) is 6.14. The van der Waals surface area contributed by atoms with Crippen molar-refractivity contribution in [3.05, 3.63) is 48.2 Å². The van der Waals surface area contributed by atoms with Gasteiger partial charge in [0.2, 0.25) is 0 Å². The molecular formula is C14H18N4. The average molecular weight is 242 g/mol. The molecule has 1 heterocycles. The van der Waals surface area contributed by atoms with E-state index in [0.717, 1.165) is 30.2 Å². The lowest BCUT2D eigenvalue weighted by molar-refractivity contribution is 0.799. The van der Waals surface area contributed by atoms with Gasteiger partial charge in [-0.05, 0) is 44.2 Å². The summed E-state index contributed by atoms with van der Waals surface area (Å²) in [6.45, 7) is 3.45. The molecule has 0 saturated heterocycles. The van der Waals surface area contributed by atoms with Crippen LogP contribution in [0.5, 0.6) is 0 Å². The summed E-state index contributed by atoms with van der Waals surface area (Å²) in [4.78, 5) is 2.14. The Bertz CT molecular complexity index is 467. The zero-order chi connectivity index (χ0) is 12.8. The Labute approximate surface area is 107 Å². The van der Waals surface area contributed by atoms with Crippen LogP contribution in [0, 0.1) is 6.92 Å². The summed E-state index contributed by atoms with van der Waals surface area (Å²) >= 11 is 0. The van der Waals surface area contributed by atoms with Gasteiger partial charge in [0.1, 0.15) is 0 Å². The molecule has 4 heteroatoms. The fourth-order valence-corrected chi connectivity index (χ4v) is 1.77. The molecule has 2 rings (SSSR count). The van der Waals surface area contributed by atoms with Gasteiger partial charge in [-0.2, -0.15) is 5.10 Å². The quantitative estimate of drug-likeness (QED) is 0.874. The van der Waals surface area contributed by atoms with Crippen LogP contribution in [-0.2, 0) is 0 Å². The van der Waals surface area contributed by atoms with Gasteiger partial charge in [0.25, 0.3) is 0 Å². The van der Waals surface area contributed by atoms with E-state index in [2.05, 4.69) is 27.2 Å². The summed E-state index contributed by atoms with van der Waals surface area (Å²) in [5.41, 5.74) is 7.63. The number of benzene rings is 1. The molecule has 0 atom stereocenters. The number of hydrogen-bond donors (Lipinski definition) is 1. The molecule has 2 aromatic rings. The van der Waals surface area contributed by atoms with Gasteiger partial charge in [0.05, 0.1) is 5.69 Å². The zero-order valence-electron chi connectivity index (χ0n) is 10.6. The average Bonchev–Trinajstić information content (AvgIpc) is 2.42. The lowest BCUT2D eigenvalue weighted by Crippen LogP contribution is -2.22. The van der Waals surface area contributed by atoms with Crippen LogP contribution in [0.4, 0.5) is 11.5 Å². The highest BCUT2D eigenvalue weighted by Crippen LogP contribution is 2.22. The molecule has 0 aliphatic carbocycles. The fourth-order valence-electron chi connectivity index (χ4n) is 1.77. The van der Waals surface area contributed by atoms with Gasteiger partial charge >= 0.3 is 0 Å². The Hall–Kier alpha value is -1.94. The standard InChI is InChI=1S/C14H18N4/c1-12-8-9-14(17-16-12)18(11-5-10-15)13-6-3-2-4-7-13/h2-4,6-9H,5,10-11,15H2,1H3. The molecular weight excluding hydrogens is 224 g/mol. The second kappa shape index (κ2) is 6.12. The third kappa shape index (κ3) is 3.05. The van der Waals surface area contributed by atoms with Crippen LogP contribution in [0.15, 0.2) is 42.5 Å². The molecule has 0 radical (unpaired) electrons. The van der Waals surface area contributed by atoms with Crippen molar-refractivity contribution in [1.82, 2.24) is 10.2 Å². The molecule has 0 bridgehead atoms. The highest BCUT2D eigenvalue weighted by Gasteiger charge is 2.09.